The van der Waals surface area contributed by atoms with E-state index in [1.54, 1.807) is 24.3 Å². The van der Waals surface area contributed by atoms with E-state index in [1.165, 1.54) is 12.1 Å². The van der Waals surface area contributed by atoms with Crippen LogP contribution in [0.1, 0.15) is 0 Å². The Hall–Kier alpha value is -2.17. The molecule has 1 aromatic heterocycles. The zero-order valence-corrected chi connectivity index (χ0v) is 11.2. The number of rotatable bonds is 2. The second kappa shape index (κ2) is 5.07. The summed E-state index contributed by atoms with van der Waals surface area (Å²) in [5.74, 6) is 5.77. The van der Waals surface area contributed by atoms with Crippen molar-refractivity contribution < 1.29 is 4.39 Å². The largest absolute Gasteiger partial charge is 0.308 e. The quantitative estimate of drug-likeness (QED) is 0.554. The normalized spacial score (nSPS) is 10.8. The van der Waals surface area contributed by atoms with Crippen molar-refractivity contribution >= 4 is 28.3 Å². The molecule has 0 atom stereocenters. The third-order valence-corrected chi connectivity index (χ3v) is 3.31. The smallest absolute Gasteiger partial charge is 0.148 e. The Morgan fingerprint density at radius 3 is 2.50 bits per heavy atom. The lowest BCUT2D eigenvalue weighted by molar-refractivity contribution is 0.628. The highest BCUT2D eigenvalue weighted by molar-refractivity contribution is 6.31. The van der Waals surface area contributed by atoms with Crippen LogP contribution >= 0.6 is 11.6 Å². The van der Waals surface area contributed by atoms with Crippen molar-refractivity contribution in [2.24, 2.45) is 5.84 Å². The van der Waals surface area contributed by atoms with Crippen molar-refractivity contribution in [2.75, 3.05) is 5.43 Å². The molecule has 0 saturated carbocycles. The molecule has 1 heterocycles. The Balaban J connectivity index is 2.23. The number of anilines is 1. The standard InChI is InChI=1S/C15H11ClFN3/c16-11-4-1-10-7-13(9-2-5-12(17)6-3-9)15(20-18)19-14(10)8-11/h1-8H,18H2,(H,19,20). The highest BCUT2D eigenvalue weighted by atomic mass is 35.5. The van der Waals surface area contributed by atoms with E-state index in [0.29, 0.717) is 10.8 Å². The summed E-state index contributed by atoms with van der Waals surface area (Å²) < 4.78 is 13.0. The zero-order chi connectivity index (χ0) is 14.1. The summed E-state index contributed by atoms with van der Waals surface area (Å²) >= 11 is 5.96. The van der Waals surface area contributed by atoms with Crippen molar-refractivity contribution in [1.29, 1.82) is 0 Å². The number of halogens is 2. The van der Waals surface area contributed by atoms with E-state index < -0.39 is 0 Å². The zero-order valence-electron chi connectivity index (χ0n) is 10.4. The molecule has 0 aliphatic carbocycles. The number of aromatic nitrogens is 1. The van der Waals surface area contributed by atoms with Crippen molar-refractivity contribution in [3.05, 3.63) is 59.4 Å². The van der Waals surface area contributed by atoms with Gasteiger partial charge in [-0.05, 0) is 35.9 Å². The molecule has 5 heteroatoms. The lowest BCUT2D eigenvalue weighted by Gasteiger charge is -2.10. The van der Waals surface area contributed by atoms with Gasteiger partial charge in [0.1, 0.15) is 11.6 Å². The second-order valence-electron chi connectivity index (χ2n) is 4.37. The van der Waals surface area contributed by atoms with E-state index in [9.17, 15) is 4.39 Å². The fraction of sp³-hybridized carbons (Fsp3) is 0. The molecule has 0 unspecified atom stereocenters. The number of hydrogen-bond donors (Lipinski definition) is 2. The van der Waals surface area contributed by atoms with Crippen molar-refractivity contribution in [2.45, 2.75) is 0 Å². The summed E-state index contributed by atoms with van der Waals surface area (Å²) in [6, 6.07) is 13.6. The van der Waals surface area contributed by atoms with E-state index in [-0.39, 0.29) is 5.82 Å². The van der Waals surface area contributed by atoms with Gasteiger partial charge in [0.25, 0.3) is 0 Å². The van der Waals surface area contributed by atoms with E-state index in [4.69, 9.17) is 17.4 Å². The van der Waals surface area contributed by atoms with Crippen LogP contribution in [-0.4, -0.2) is 4.98 Å². The average molecular weight is 288 g/mol. The minimum atomic E-state index is -0.281. The van der Waals surface area contributed by atoms with E-state index in [1.807, 2.05) is 12.1 Å². The molecule has 20 heavy (non-hydrogen) atoms. The number of pyridine rings is 1. The molecule has 3 nitrogen and oxygen atoms in total. The third kappa shape index (κ3) is 2.31. The van der Waals surface area contributed by atoms with Gasteiger partial charge in [-0.2, -0.15) is 0 Å². The van der Waals surface area contributed by atoms with Crippen LogP contribution in [-0.2, 0) is 0 Å². The van der Waals surface area contributed by atoms with Crippen LogP contribution in [0, 0.1) is 5.82 Å². The lowest BCUT2D eigenvalue weighted by Crippen LogP contribution is -2.10. The molecule has 2 aromatic carbocycles. The minimum absolute atomic E-state index is 0.281. The van der Waals surface area contributed by atoms with Gasteiger partial charge in [0, 0.05) is 16.0 Å². The predicted molar refractivity (Wildman–Crippen MR) is 80.0 cm³/mol. The molecular weight excluding hydrogens is 277 g/mol. The highest BCUT2D eigenvalue weighted by Gasteiger charge is 2.09. The van der Waals surface area contributed by atoms with Gasteiger partial charge in [0.05, 0.1) is 5.52 Å². The monoisotopic (exact) mass is 287 g/mol. The number of hydrazine groups is 1. The molecule has 0 saturated heterocycles. The van der Waals surface area contributed by atoms with E-state index >= 15 is 0 Å². The molecule has 0 radical (unpaired) electrons. The first-order valence-electron chi connectivity index (χ1n) is 6.00. The Morgan fingerprint density at radius 2 is 1.80 bits per heavy atom. The molecule has 0 spiro atoms. The maximum atomic E-state index is 13.0. The minimum Gasteiger partial charge on any atom is -0.308 e. The van der Waals surface area contributed by atoms with Gasteiger partial charge in [0.2, 0.25) is 0 Å². The Bertz CT molecular complexity index is 772. The molecule has 100 valence electrons. The molecule has 0 aliphatic rings. The van der Waals surface area contributed by atoms with Crippen LogP contribution in [0.3, 0.4) is 0 Å². The van der Waals surface area contributed by atoms with E-state index in [2.05, 4.69) is 10.4 Å². The average Bonchev–Trinajstić information content (AvgIpc) is 2.46. The fourth-order valence-corrected chi connectivity index (χ4v) is 2.27. The van der Waals surface area contributed by atoms with E-state index in [0.717, 1.165) is 22.0 Å². The van der Waals surface area contributed by atoms with Crippen LogP contribution in [0.5, 0.6) is 0 Å². The number of nitrogens with one attached hydrogen (secondary N) is 1. The van der Waals surface area contributed by atoms with Crippen LogP contribution < -0.4 is 11.3 Å². The first-order valence-corrected chi connectivity index (χ1v) is 6.38. The maximum absolute atomic E-state index is 13.0. The van der Waals surface area contributed by atoms with Gasteiger partial charge in [-0.25, -0.2) is 15.2 Å². The number of nitrogen functional groups attached to an aromatic ring is 1. The van der Waals surface area contributed by atoms with Crippen LogP contribution in [0.2, 0.25) is 5.02 Å². The topological polar surface area (TPSA) is 50.9 Å². The molecule has 0 bridgehead atoms. The van der Waals surface area contributed by atoms with Crippen molar-refractivity contribution in [3.8, 4) is 11.1 Å². The summed E-state index contributed by atoms with van der Waals surface area (Å²) in [6.07, 6.45) is 0. The summed E-state index contributed by atoms with van der Waals surface area (Å²) in [4.78, 5) is 4.44. The molecule has 3 aromatic rings. The molecule has 3 rings (SSSR count). The summed E-state index contributed by atoms with van der Waals surface area (Å²) in [5.41, 5.74) is 4.96. The van der Waals surface area contributed by atoms with Gasteiger partial charge < -0.3 is 5.43 Å². The van der Waals surface area contributed by atoms with Crippen LogP contribution in [0.15, 0.2) is 48.5 Å². The first kappa shape index (κ1) is 12.8. The predicted octanol–water partition coefficient (Wildman–Crippen LogP) is 3.98. The lowest BCUT2D eigenvalue weighted by atomic mass is 10.0. The maximum Gasteiger partial charge on any atom is 0.148 e. The molecule has 3 N–H and O–H groups in total. The van der Waals surface area contributed by atoms with Gasteiger partial charge in [-0.15, -0.1) is 0 Å². The number of nitrogens with zero attached hydrogens (tertiary/aromatic N) is 1. The molecule has 0 fully saturated rings. The number of benzene rings is 2. The Kier molecular flexibility index (Phi) is 3.26. The van der Waals surface area contributed by atoms with Crippen molar-refractivity contribution in [1.82, 2.24) is 4.98 Å². The van der Waals surface area contributed by atoms with Gasteiger partial charge in [-0.1, -0.05) is 29.8 Å². The highest BCUT2D eigenvalue weighted by Crippen LogP contribution is 2.30. The van der Waals surface area contributed by atoms with Crippen LogP contribution in [0.25, 0.3) is 22.0 Å². The number of nitrogens with two attached hydrogens (primary N) is 1. The SMILES string of the molecule is NNc1nc2cc(Cl)ccc2cc1-c1ccc(F)cc1. The fourth-order valence-electron chi connectivity index (χ4n) is 2.10. The van der Waals surface area contributed by atoms with Crippen molar-refractivity contribution in [3.63, 3.8) is 0 Å². The molecule has 0 amide bonds. The second-order valence-corrected chi connectivity index (χ2v) is 4.81. The number of fused-ring (bicyclic) bond motifs is 1. The Morgan fingerprint density at radius 1 is 1.05 bits per heavy atom. The van der Waals surface area contributed by atoms with Gasteiger partial charge in [-0.3, -0.25) is 0 Å². The van der Waals surface area contributed by atoms with Gasteiger partial charge >= 0.3 is 0 Å². The third-order valence-electron chi connectivity index (χ3n) is 3.07. The first-order chi connectivity index (χ1) is 9.67. The van der Waals surface area contributed by atoms with Crippen LogP contribution in [0.4, 0.5) is 10.2 Å². The summed E-state index contributed by atoms with van der Waals surface area (Å²) in [7, 11) is 0. The summed E-state index contributed by atoms with van der Waals surface area (Å²) in [5, 5.41) is 1.55. The Labute approximate surface area is 120 Å². The molecule has 0 aliphatic heterocycles. The number of hydrogen-bond acceptors (Lipinski definition) is 3. The van der Waals surface area contributed by atoms with Gasteiger partial charge in [0.15, 0.2) is 0 Å². The molecular formula is C15H11ClFN3. The summed E-state index contributed by atoms with van der Waals surface area (Å²) in [6.45, 7) is 0.